The Morgan fingerprint density at radius 2 is 1.81 bits per heavy atom. The lowest BCUT2D eigenvalue weighted by atomic mass is 9.96. The van der Waals surface area contributed by atoms with Crippen LogP contribution in [0, 0.1) is 0 Å². The summed E-state index contributed by atoms with van der Waals surface area (Å²) in [6.45, 7) is 0. The van der Waals surface area contributed by atoms with Gasteiger partial charge in [0.1, 0.15) is 0 Å². The SMILES string of the molecule is Nc1ccc(Cl)cc1-c1nnnn1C1CCCCCCC1. The highest BCUT2D eigenvalue weighted by Gasteiger charge is 2.20. The fraction of sp³-hybridized carbons (Fsp3) is 0.533. The molecule has 1 aliphatic carbocycles. The standard InChI is InChI=1S/C15H20ClN5/c16-11-8-9-14(17)13(10-11)15-18-19-20-21(15)12-6-4-2-1-3-5-7-12/h8-10,12H,1-7,17H2. The first-order valence-corrected chi connectivity index (χ1v) is 7.97. The van der Waals surface area contributed by atoms with E-state index in [0.717, 1.165) is 24.2 Å². The number of aromatic nitrogens is 4. The van der Waals surface area contributed by atoms with Crippen LogP contribution in [0.25, 0.3) is 11.4 Å². The molecule has 1 saturated carbocycles. The highest BCUT2D eigenvalue weighted by molar-refractivity contribution is 6.31. The summed E-state index contributed by atoms with van der Waals surface area (Å²) >= 11 is 6.09. The highest BCUT2D eigenvalue weighted by Crippen LogP contribution is 2.32. The number of nitrogens with two attached hydrogens (primary N) is 1. The summed E-state index contributed by atoms with van der Waals surface area (Å²) in [6.07, 6.45) is 8.65. The first kappa shape index (κ1) is 14.3. The number of hydrogen-bond donors (Lipinski definition) is 1. The molecule has 0 unspecified atom stereocenters. The topological polar surface area (TPSA) is 69.6 Å². The van der Waals surface area contributed by atoms with Gasteiger partial charge >= 0.3 is 0 Å². The largest absolute Gasteiger partial charge is 0.398 e. The van der Waals surface area contributed by atoms with Gasteiger partial charge in [0, 0.05) is 16.3 Å². The number of hydrogen-bond acceptors (Lipinski definition) is 4. The van der Waals surface area contributed by atoms with Gasteiger partial charge in [-0.1, -0.05) is 43.7 Å². The maximum atomic E-state index is 6.09. The molecular formula is C15H20ClN5. The smallest absolute Gasteiger partial charge is 0.184 e. The van der Waals surface area contributed by atoms with Crippen LogP contribution in [0.2, 0.25) is 5.02 Å². The Morgan fingerprint density at radius 3 is 2.57 bits per heavy atom. The predicted octanol–water partition coefficient (Wildman–Crippen LogP) is 3.86. The van der Waals surface area contributed by atoms with Gasteiger partial charge in [-0.05, 0) is 41.5 Å². The molecular weight excluding hydrogens is 286 g/mol. The minimum Gasteiger partial charge on any atom is -0.398 e. The summed E-state index contributed by atoms with van der Waals surface area (Å²) in [7, 11) is 0. The van der Waals surface area contributed by atoms with E-state index in [0.29, 0.717) is 16.8 Å². The maximum Gasteiger partial charge on any atom is 0.184 e. The molecule has 0 bridgehead atoms. The Kier molecular flexibility index (Phi) is 4.39. The summed E-state index contributed by atoms with van der Waals surface area (Å²) in [5.41, 5.74) is 7.54. The summed E-state index contributed by atoms with van der Waals surface area (Å²) in [4.78, 5) is 0. The highest BCUT2D eigenvalue weighted by atomic mass is 35.5. The van der Waals surface area contributed by atoms with Crippen LogP contribution in [0.3, 0.4) is 0 Å². The summed E-state index contributed by atoms with van der Waals surface area (Å²) in [5, 5.41) is 12.9. The molecule has 5 nitrogen and oxygen atoms in total. The van der Waals surface area contributed by atoms with Gasteiger partial charge in [-0.2, -0.15) is 0 Å². The Hall–Kier alpha value is -1.62. The lowest BCUT2D eigenvalue weighted by molar-refractivity contribution is 0.345. The Balaban J connectivity index is 1.94. The first-order valence-electron chi connectivity index (χ1n) is 7.59. The number of nitrogen functional groups attached to an aromatic ring is 1. The molecule has 0 spiro atoms. The molecule has 1 heterocycles. The molecule has 1 aromatic carbocycles. The number of halogens is 1. The Morgan fingerprint density at radius 1 is 1.10 bits per heavy atom. The average Bonchev–Trinajstić information content (AvgIpc) is 2.90. The third-order valence-electron chi connectivity index (χ3n) is 4.17. The normalized spacial score (nSPS) is 17.4. The van der Waals surface area contributed by atoms with Crippen LogP contribution in [0.15, 0.2) is 18.2 Å². The van der Waals surface area contributed by atoms with Crippen molar-refractivity contribution in [3.63, 3.8) is 0 Å². The molecule has 0 radical (unpaired) electrons. The number of tetrazole rings is 1. The van der Waals surface area contributed by atoms with Gasteiger partial charge in [-0.15, -0.1) is 5.10 Å². The van der Waals surface area contributed by atoms with E-state index in [2.05, 4.69) is 15.5 Å². The van der Waals surface area contributed by atoms with E-state index >= 15 is 0 Å². The van der Waals surface area contributed by atoms with Crippen molar-refractivity contribution in [3.8, 4) is 11.4 Å². The zero-order chi connectivity index (χ0) is 14.7. The van der Waals surface area contributed by atoms with Crippen LogP contribution >= 0.6 is 11.6 Å². The van der Waals surface area contributed by atoms with Crippen molar-refractivity contribution in [1.82, 2.24) is 20.2 Å². The number of rotatable bonds is 2. The van der Waals surface area contributed by atoms with Crippen LogP contribution in [0.4, 0.5) is 5.69 Å². The molecule has 1 fully saturated rings. The second-order valence-electron chi connectivity index (χ2n) is 5.68. The van der Waals surface area contributed by atoms with Gasteiger partial charge in [0.15, 0.2) is 5.82 Å². The molecule has 21 heavy (non-hydrogen) atoms. The van der Waals surface area contributed by atoms with Crippen molar-refractivity contribution in [3.05, 3.63) is 23.2 Å². The van der Waals surface area contributed by atoms with Gasteiger partial charge in [0.05, 0.1) is 6.04 Å². The van der Waals surface area contributed by atoms with Crippen LogP contribution < -0.4 is 5.73 Å². The van der Waals surface area contributed by atoms with E-state index < -0.39 is 0 Å². The lowest BCUT2D eigenvalue weighted by Gasteiger charge is -2.21. The van der Waals surface area contributed by atoms with Gasteiger partial charge in [0.25, 0.3) is 0 Å². The first-order chi connectivity index (χ1) is 10.3. The van der Waals surface area contributed by atoms with Crippen LogP contribution in [-0.4, -0.2) is 20.2 Å². The van der Waals surface area contributed by atoms with E-state index in [4.69, 9.17) is 17.3 Å². The molecule has 0 atom stereocenters. The number of benzene rings is 1. The minimum atomic E-state index is 0.355. The summed E-state index contributed by atoms with van der Waals surface area (Å²) in [5.74, 6) is 0.723. The molecule has 2 aromatic rings. The second-order valence-corrected chi connectivity index (χ2v) is 6.11. The van der Waals surface area contributed by atoms with Gasteiger partial charge in [-0.25, -0.2) is 4.68 Å². The van der Waals surface area contributed by atoms with Crippen molar-refractivity contribution in [2.24, 2.45) is 0 Å². The minimum absolute atomic E-state index is 0.355. The number of nitrogens with zero attached hydrogens (tertiary/aromatic N) is 4. The average molecular weight is 306 g/mol. The molecule has 0 saturated heterocycles. The fourth-order valence-corrected chi connectivity index (χ4v) is 3.19. The zero-order valence-corrected chi connectivity index (χ0v) is 12.8. The monoisotopic (exact) mass is 305 g/mol. The maximum absolute atomic E-state index is 6.09. The van der Waals surface area contributed by atoms with E-state index in [9.17, 15) is 0 Å². The van der Waals surface area contributed by atoms with Crippen molar-refractivity contribution in [2.45, 2.75) is 51.0 Å². The molecule has 3 rings (SSSR count). The molecule has 0 aliphatic heterocycles. The number of anilines is 1. The van der Waals surface area contributed by atoms with Gasteiger partial charge in [0.2, 0.25) is 0 Å². The molecule has 6 heteroatoms. The lowest BCUT2D eigenvalue weighted by Crippen LogP contribution is -2.14. The van der Waals surface area contributed by atoms with Gasteiger partial charge in [-0.3, -0.25) is 0 Å². The third-order valence-corrected chi connectivity index (χ3v) is 4.40. The summed E-state index contributed by atoms with van der Waals surface area (Å²) in [6, 6.07) is 5.77. The predicted molar refractivity (Wildman–Crippen MR) is 84.0 cm³/mol. The van der Waals surface area contributed by atoms with Crippen molar-refractivity contribution in [2.75, 3.05) is 5.73 Å². The third kappa shape index (κ3) is 3.18. The second kappa shape index (κ2) is 6.43. The Labute approximate surface area is 129 Å². The molecule has 112 valence electrons. The Bertz CT molecular complexity index is 602. The van der Waals surface area contributed by atoms with Crippen molar-refractivity contribution >= 4 is 17.3 Å². The van der Waals surface area contributed by atoms with E-state index in [1.165, 1.54) is 32.1 Å². The van der Waals surface area contributed by atoms with Crippen LogP contribution in [-0.2, 0) is 0 Å². The quantitative estimate of drug-likeness (QED) is 0.855. The van der Waals surface area contributed by atoms with Crippen LogP contribution in [0.5, 0.6) is 0 Å². The van der Waals surface area contributed by atoms with E-state index in [-0.39, 0.29) is 0 Å². The van der Waals surface area contributed by atoms with Crippen molar-refractivity contribution in [1.29, 1.82) is 0 Å². The van der Waals surface area contributed by atoms with Crippen LogP contribution in [0.1, 0.15) is 51.0 Å². The molecule has 2 N–H and O–H groups in total. The molecule has 1 aliphatic rings. The van der Waals surface area contributed by atoms with E-state index in [1.807, 2.05) is 10.7 Å². The molecule has 0 amide bonds. The fourth-order valence-electron chi connectivity index (χ4n) is 3.02. The summed E-state index contributed by atoms with van der Waals surface area (Å²) < 4.78 is 1.94. The van der Waals surface area contributed by atoms with Crippen molar-refractivity contribution < 1.29 is 0 Å². The van der Waals surface area contributed by atoms with E-state index in [1.54, 1.807) is 12.1 Å². The van der Waals surface area contributed by atoms with Gasteiger partial charge < -0.3 is 5.73 Å². The molecule has 1 aromatic heterocycles. The zero-order valence-electron chi connectivity index (χ0n) is 12.0.